The van der Waals surface area contributed by atoms with Gasteiger partial charge in [-0.3, -0.25) is 9.52 Å². The molecule has 0 heterocycles. The van der Waals surface area contributed by atoms with Crippen LogP contribution in [0.4, 0.5) is 5.69 Å². The molecule has 0 saturated heterocycles. The molecule has 0 atom stereocenters. The Morgan fingerprint density at radius 3 is 2.21 bits per heavy atom. The minimum absolute atomic E-state index is 0.149. The first-order valence-corrected chi connectivity index (χ1v) is 11.0. The molecule has 29 heavy (non-hydrogen) atoms. The fourth-order valence-electron chi connectivity index (χ4n) is 2.81. The van der Waals surface area contributed by atoms with Gasteiger partial charge in [0.25, 0.3) is 15.9 Å². The Balaban J connectivity index is 1.58. The summed E-state index contributed by atoms with van der Waals surface area (Å²) in [5.74, 6) is -0.291. The average molecular weight is 429 g/mol. The molecule has 7 heteroatoms. The maximum atomic E-state index is 12.4. The summed E-state index contributed by atoms with van der Waals surface area (Å²) in [6.07, 6.45) is 1.68. The Morgan fingerprint density at radius 1 is 0.897 bits per heavy atom. The van der Waals surface area contributed by atoms with Gasteiger partial charge < -0.3 is 5.32 Å². The Bertz CT molecular complexity index is 1070. The molecule has 0 aliphatic carbocycles. The van der Waals surface area contributed by atoms with Crippen molar-refractivity contribution in [2.45, 2.75) is 17.7 Å². The van der Waals surface area contributed by atoms with Crippen molar-refractivity contribution in [1.29, 1.82) is 0 Å². The van der Waals surface area contributed by atoms with E-state index in [1.54, 1.807) is 18.2 Å². The lowest BCUT2D eigenvalue weighted by Crippen LogP contribution is -2.25. The molecular weight excluding hydrogens is 408 g/mol. The van der Waals surface area contributed by atoms with Gasteiger partial charge in [0.15, 0.2) is 0 Å². The molecule has 0 spiro atoms. The maximum absolute atomic E-state index is 12.4. The van der Waals surface area contributed by atoms with E-state index in [0.717, 1.165) is 12.8 Å². The fourth-order valence-corrected chi connectivity index (χ4v) is 4.15. The third kappa shape index (κ3) is 5.82. The highest BCUT2D eigenvalue weighted by Crippen LogP contribution is 2.23. The lowest BCUT2D eigenvalue weighted by Gasteiger charge is -2.11. The van der Waals surface area contributed by atoms with Crippen molar-refractivity contribution in [1.82, 2.24) is 5.32 Å². The van der Waals surface area contributed by atoms with E-state index in [0.29, 0.717) is 17.8 Å². The summed E-state index contributed by atoms with van der Waals surface area (Å²) in [5.41, 5.74) is 1.81. The van der Waals surface area contributed by atoms with Gasteiger partial charge >= 0.3 is 0 Å². The number of carbonyl (C=O) groups is 1. The predicted octanol–water partition coefficient (Wildman–Crippen LogP) is 4.50. The average Bonchev–Trinajstić information content (AvgIpc) is 2.72. The van der Waals surface area contributed by atoms with Crippen LogP contribution in [-0.4, -0.2) is 20.9 Å². The van der Waals surface area contributed by atoms with Crippen molar-refractivity contribution < 1.29 is 13.2 Å². The van der Waals surface area contributed by atoms with E-state index in [1.165, 1.54) is 35.9 Å². The Kier molecular flexibility index (Phi) is 6.90. The van der Waals surface area contributed by atoms with Gasteiger partial charge in [0.2, 0.25) is 0 Å². The number of benzene rings is 3. The summed E-state index contributed by atoms with van der Waals surface area (Å²) in [5, 5.41) is 3.02. The van der Waals surface area contributed by atoms with Gasteiger partial charge in [-0.05, 0) is 48.7 Å². The van der Waals surface area contributed by atoms with Crippen LogP contribution in [0.1, 0.15) is 22.3 Å². The zero-order valence-electron chi connectivity index (χ0n) is 15.6. The van der Waals surface area contributed by atoms with E-state index in [1.807, 2.05) is 30.3 Å². The highest BCUT2D eigenvalue weighted by molar-refractivity contribution is 7.92. The van der Waals surface area contributed by atoms with Gasteiger partial charge in [0, 0.05) is 6.54 Å². The summed E-state index contributed by atoms with van der Waals surface area (Å²) >= 11 is 6.21. The number of hydrogen-bond donors (Lipinski definition) is 2. The molecule has 1 amide bonds. The molecule has 2 N–H and O–H groups in total. The van der Waals surface area contributed by atoms with Crippen LogP contribution >= 0.6 is 11.6 Å². The van der Waals surface area contributed by atoms with Crippen LogP contribution in [0.2, 0.25) is 5.02 Å². The summed E-state index contributed by atoms with van der Waals surface area (Å²) in [6, 6.07) is 22.5. The normalized spacial score (nSPS) is 11.1. The van der Waals surface area contributed by atoms with E-state index < -0.39 is 10.0 Å². The topological polar surface area (TPSA) is 75.3 Å². The van der Waals surface area contributed by atoms with Crippen molar-refractivity contribution in [2.75, 3.05) is 11.3 Å². The van der Waals surface area contributed by atoms with Gasteiger partial charge in [0.05, 0.1) is 21.2 Å². The van der Waals surface area contributed by atoms with Crippen LogP contribution in [0.5, 0.6) is 0 Å². The standard InChI is InChI=1S/C22H21ClN2O3S/c23-21-16-18(25-29(27,28)19-11-5-2-6-12-19)13-14-20(21)22(26)24-15-7-10-17-8-3-1-4-9-17/h1-6,8-9,11-14,16,25H,7,10,15H2,(H,24,26). The fraction of sp³-hybridized carbons (Fsp3) is 0.136. The van der Waals surface area contributed by atoms with Crippen molar-refractivity contribution in [3.05, 3.63) is 95.0 Å². The van der Waals surface area contributed by atoms with Gasteiger partial charge in [-0.1, -0.05) is 60.1 Å². The molecule has 5 nitrogen and oxygen atoms in total. The van der Waals surface area contributed by atoms with Gasteiger partial charge in [0.1, 0.15) is 0 Å². The van der Waals surface area contributed by atoms with E-state index >= 15 is 0 Å². The van der Waals surface area contributed by atoms with Gasteiger partial charge in [-0.2, -0.15) is 0 Å². The first kappa shape index (κ1) is 20.9. The number of hydrogen-bond acceptors (Lipinski definition) is 3. The highest BCUT2D eigenvalue weighted by atomic mass is 35.5. The van der Waals surface area contributed by atoms with Crippen LogP contribution < -0.4 is 10.0 Å². The summed E-state index contributed by atoms with van der Waals surface area (Å²) in [4.78, 5) is 12.5. The summed E-state index contributed by atoms with van der Waals surface area (Å²) in [6.45, 7) is 0.520. The molecule has 0 fully saturated rings. The van der Waals surface area contributed by atoms with E-state index in [9.17, 15) is 13.2 Å². The third-order valence-corrected chi connectivity index (χ3v) is 6.00. The zero-order valence-corrected chi connectivity index (χ0v) is 17.2. The third-order valence-electron chi connectivity index (χ3n) is 4.29. The monoisotopic (exact) mass is 428 g/mol. The van der Waals surface area contributed by atoms with E-state index in [-0.39, 0.29) is 15.8 Å². The smallest absolute Gasteiger partial charge is 0.261 e. The van der Waals surface area contributed by atoms with Crippen molar-refractivity contribution in [3.63, 3.8) is 0 Å². The molecule has 0 aromatic heterocycles. The molecule has 0 aliphatic rings. The Morgan fingerprint density at radius 2 is 1.55 bits per heavy atom. The van der Waals surface area contributed by atoms with Crippen LogP contribution in [0.25, 0.3) is 0 Å². The number of halogens is 1. The number of anilines is 1. The number of nitrogens with one attached hydrogen (secondary N) is 2. The lowest BCUT2D eigenvalue weighted by atomic mass is 10.1. The van der Waals surface area contributed by atoms with Crippen LogP contribution in [0.15, 0.2) is 83.8 Å². The lowest BCUT2D eigenvalue weighted by molar-refractivity contribution is 0.0953. The molecule has 0 radical (unpaired) electrons. The maximum Gasteiger partial charge on any atom is 0.261 e. The predicted molar refractivity (Wildman–Crippen MR) is 116 cm³/mol. The minimum Gasteiger partial charge on any atom is -0.352 e. The van der Waals surface area contributed by atoms with Crippen molar-refractivity contribution >= 4 is 33.2 Å². The molecule has 3 rings (SSSR count). The van der Waals surface area contributed by atoms with Crippen molar-refractivity contribution in [3.8, 4) is 0 Å². The first-order valence-electron chi connectivity index (χ1n) is 9.15. The molecule has 0 saturated carbocycles. The quantitative estimate of drug-likeness (QED) is 0.518. The molecule has 0 bridgehead atoms. The van der Waals surface area contributed by atoms with E-state index in [2.05, 4.69) is 10.0 Å². The SMILES string of the molecule is O=C(NCCCc1ccccc1)c1ccc(NS(=O)(=O)c2ccccc2)cc1Cl. The summed E-state index contributed by atoms with van der Waals surface area (Å²) < 4.78 is 27.2. The molecule has 3 aromatic rings. The number of sulfonamides is 1. The largest absolute Gasteiger partial charge is 0.352 e. The Hall–Kier alpha value is -2.83. The molecule has 3 aromatic carbocycles. The van der Waals surface area contributed by atoms with Crippen molar-refractivity contribution in [2.24, 2.45) is 0 Å². The number of rotatable bonds is 8. The number of aryl methyl sites for hydroxylation is 1. The second kappa shape index (κ2) is 9.58. The highest BCUT2D eigenvalue weighted by Gasteiger charge is 2.16. The number of carbonyl (C=O) groups excluding carboxylic acids is 1. The zero-order chi connectivity index (χ0) is 20.7. The molecular formula is C22H21ClN2O3S. The second-order valence-electron chi connectivity index (χ2n) is 6.46. The summed E-state index contributed by atoms with van der Waals surface area (Å²) in [7, 11) is -3.72. The van der Waals surface area contributed by atoms with E-state index in [4.69, 9.17) is 11.6 Å². The van der Waals surface area contributed by atoms with Crippen LogP contribution in [0, 0.1) is 0 Å². The molecule has 150 valence electrons. The Labute approximate surface area is 175 Å². The minimum atomic E-state index is -3.72. The first-order chi connectivity index (χ1) is 14.0. The second-order valence-corrected chi connectivity index (χ2v) is 8.55. The van der Waals surface area contributed by atoms with Gasteiger partial charge in [-0.15, -0.1) is 0 Å². The van der Waals surface area contributed by atoms with Crippen LogP contribution in [0.3, 0.4) is 0 Å². The molecule has 0 aliphatic heterocycles. The molecule has 0 unspecified atom stereocenters. The number of amides is 1. The van der Waals surface area contributed by atoms with Gasteiger partial charge in [-0.25, -0.2) is 8.42 Å². The van der Waals surface area contributed by atoms with Crippen LogP contribution in [-0.2, 0) is 16.4 Å².